The zero-order valence-corrected chi connectivity index (χ0v) is 12.8. The van der Waals surface area contributed by atoms with Crippen molar-refractivity contribution in [2.24, 2.45) is 5.41 Å². The van der Waals surface area contributed by atoms with Gasteiger partial charge in [-0.05, 0) is 47.3 Å². The Kier molecular flexibility index (Phi) is 4.63. The van der Waals surface area contributed by atoms with Crippen LogP contribution in [0.25, 0.3) is 0 Å². The molecule has 1 saturated carbocycles. The number of carbonyl (C=O) groups is 1. The highest BCUT2D eigenvalue weighted by Crippen LogP contribution is 2.37. The molecule has 104 valence electrons. The number of aryl methyl sites for hydroxylation is 1. The minimum Gasteiger partial charge on any atom is -0.396 e. The second-order valence-corrected chi connectivity index (χ2v) is 6.28. The minimum atomic E-state index is -0.105. The van der Waals surface area contributed by atoms with Crippen LogP contribution in [0.1, 0.15) is 41.6 Å². The Labute approximate surface area is 122 Å². The van der Waals surface area contributed by atoms with Crippen LogP contribution in [0, 0.1) is 12.3 Å². The van der Waals surface area contributed by atoms with Crippen LogP contribution in [0.5, 0.6) is 0 Å². The zero-order chi connectivity index (χ0) is 13.9. The summed E-state index contributed by atoms with van der Waals surface area (Å²) >= 11 is 3.45. The summed E-state index contributed by atoms with van der Waals surface area (Å²) < 4.78 is 0.844. The van der Waals surface area contributed by atoms with Crippen molar-refractivity contribution in [3.05, 3.63) is 33.8 Å². The topological polar surface area (TPSA) is 49.3 Å². The fourth-order valence-electron chi connectivity index (χ4n) is 2.70. The lowest BCUT2D eigenvalue weighted by molar-refractivity contribution is 0.0880. The van der Waals surface area contributed by atoms with Crippen molar-refractivity contribution in [1.29, 1.82) is 0 Å². The van der Waals surface area contributed by atoms with Gasteiger partial charge in [-0.2, -0.15) is 0 Å². The Bertz CT molecular complexity index is 467. The molecule has 1 aromatic rings. The number of hydrogen-bond acceptors (Lipinski definition) is 2. The van der Waals surface area contributed by atoms with E-state index in [0.717, 1.165) is 35.7 Å². The van der Waals surface area contributed by atoms with Gasteiger partial charge < -0.3 is 10.4 Å². The molecular formula is C15H20BrNO2. The van der Waals surface area contributed by atoms with Crippen LogP contribution in [0.3, 0.4) is 0 Å². The molecular weight excluding hydrogens is 306 g/mol. The van der Waals surface area contributed by atoms with Gasteiger partial charge in [-0.25, -0.2) is 0 Å². The maximum Gasteiger partial charge on any atom is 0.252 e. The van der Waals surface area contributed by atoms with Gasteiger partial charge in [-0.15, -0.1) is 0 Å². The largest absolute Gasteiger partial charge is 0.396 e. The van der Waals surface area contributed by atoms with Crippen molar-refractivity contribution in [2.45, 2.75) is 32.6 Å². The van der Waals surface area contributed by atoms with Gasteiger partial charge >= 0.3 is 0 Å². The molecule has 0 unspecified atom stereocenters. The van der Waals surface area contributed by atoms with E-state index in [4.69, 9.17) is 0 Å². The lowest BCUT2D eigenvalue weighted by Crippen LogP contribution is -2.38. The van der Waals surface area contributed by atoms with Crippen molar-refractivity contribution in [2.75, 3.05) is 13.2 Å². The van der Waals surface area contributed by atoms with E-state index in [0.29, 0.717) is 12.1 Å². The molecule has 1 aliphatic rings. The van der Waals surface area contributed by atoms with Gasteiger partial charge in [0.1, 0.15) is 0 Å². The van der Waals surface area contributed by atoms with Crippen molar-refractivity contribution in [1.82, 2.24) is 5.32 Å². The van der Waals surface area contributed by atoms with E-state index in [1.807, 2.05) is 25.1 Å². The predicted octanol–water partition coefficient (Wildman–Crippen LogP) is 3.04. The molecule has 0 radical (unpaired) electrons. The van der Waals surface area contributed by atoms with Crippen LogP contribution < -0.4 is 5.32 Å². The number of nitrogens with one attached hydrogen (secondary N) is 1. The van der Waals surface area contributed by atoms with Crippen molar-refractivity contribution in [3.63, 3.8) is 0 Å². The molecule has 1 fully saturated rings. The molecule has 4 heteroatoms. The quantitative estimate of drug-likeness (QED) is 0.893. The maximum atomic E-state index is 12.2. The number of benzene rings is 1. The summed E-state index contributed by atoms with van der Waals surface area (Å²) in [6.07, 6.45) is 4.28. The number of aliphatic hydroxyl groups excluding tert-OH is 1. The summed E-state index contributed by atoms with van der Waals surface area (Å²) in [5.74, 6) is -0.0738. The van der Waals surface area contributed by atoms with E-state index in [9.17, 15) is 9.90 Å². The van der Waals surface area contributed by atoms with Crippen molar-refractivity contribution >= 4 is 21.8 Å². The van der Waals surface area contributed by atoms with Crippen molar-refractivity contribution < 1.29 is 9.90 Å². The van der Waals surface area contributed by atoms with E-state index in [1.54, 1.807) is 0 Å². The lowest BCUT2D eigenvalue weighted by Gasteiger charge is -2.26. The fourth-order valence-corrected chi connectivity index (χ4v) is 3.15. The van der Waals surface area contributed by atoms with Gasteiger partial charge in [-0.3, -0.25) is 4.79 Å². The third kappa shape index (κ3) is 3.18. The smallest absolute Gasteiger partial charge is 0.252 e. The van der Waals surface area contributed by atoms with Crippen LogP contribution in [0.4, 0.5) is 0 Å². The summed E-state index contributed by atoms with van der Waals surface area (Å²) in [7, 11) is 0. The molecule has 0 saturated heterocycles. The van der Waals surface area contributed by atoms with Crippen LogP contribution in [-0.2, 0) is 0 Å². The standard InChI is InChI=1S/C15H20BrNO2/c1-11-5-4-6-12(13(11)16)14(19)17-9-15(10-18)7-2-3-8-15/h4-6,18H,2-3,7-10H2,1H3,(H,17,19). The molecule has 19 heavy (non-hydrogen) atoms. The third-order valence-corrected chi connectivity index (χ3v) is 5.11. The summed E-state index contributed by atoms with van der Waals surface area (Å²) in [4.78, 5) is 12.2. The summed E-state index contributed by atoms with van der Waals surface area (Å²) in [5.41, 5.74) is 1.60. The first-order valence-corrected chi connectivity index (χ1v) is 7.51. The first-order valence-electron chi connectivity index (χ1n) is 6.72. The van der Waals surface area contributed by atoms with Gasteiger partial charge in [-0.1, -0.05) is 25.0 Å². The second kappa shape index (κ2) is 6.06. The van der Waals surface area contributed by atoms with Gasteiger partial charge in [0.2, 0.25) is 0 Å². The Morgan fingerprint density at radius 3 is 2.74 bits per heavy atom. The molecule has 2 N–H and O–H groups in total. The minimum absolute atomic E-state index is 0.0738. The van der Waals surface area contributed by atoms with E-state index >= 15 is 0 Å². The number of halogens is 1. The van der Waals surface area contributed by atoms with E-state index < -0.39 is 0 Å². The average Bonchev–Trinajstić information content (AvgIpc) is 2.89. The number of hydrogen-bond donors (Lipinski definition) is 2. The van der Waals surface area contributed by atoms with Gasteiger partial charge in [0, 0.05) is 16.4 Å². The van der Waals surface area contributed by atoms with E-state index in [2.05, 4.69) is 21.2 Å². The van der Waals surface area contributed by atoms with Crippen LogP contribution in [0.15, 0.2) is 22.7 Å². The van der Waals surface area contributed by atoms with Gasteiger partial charge in [0.25, 0.3) is 5.91 Å². The molecule has 1 aromatic carbocycles. The molecule has 0 spiro atoms. The number of aliphatic hydroxyl groups is 1. The SMILES string of the molecule is Cc1cccc(C(=O)NCC2(CO)CCCC2)c1Br. The van der Waals surface area contributed by atoms with Gasteiger partial charge in [0.15, 0.2) is 0 Å². The highest BCUT2D eigenvalue weighted by atomic mass is 79.9. The molecule has 3 nitrogen and oxygen atoms in total. The highest BCUT2D eigenvalue weighted by molar-refractivity contribution is 9.10. The third-order valence-electron chi connectivity index (χ3n) is 4.06. The Balaban J connectivity index is 2.03. The van der Waals surface area contributed by atoms with E-state index in [-0.39, 0.29) is 17.9 Å². The second-order valence-electron chi connectivity index (χ2n) is 5.48. The van der Waals surface area contributed by atoms with Gasteiger partial charge in [0.05, 0.1) is 12.2 Å². The van der Waals surface area contributed by atoms with E-state index in [1.165, 1.54) is 0 Å². The summed E-state index contributed by atoms with van der Waals surface area (Å²) in [6, 6.07) is 5.66. The predicted molar refractivity (Wildman–Crippen MR) is 79.2 cm³/mol. The molecule has 0 aliphatic heterocycles. The molecule has 0 heterocycles. The Morgan fingerprint density at radius 2 is 2.11 bits per heavy atom. The van der Waals surface area contributed by atoms with Crippen LogP contribution in [-0.4, -0.2) is 24.2 Å². The normalized spacial score (nSPS) is 17.4. The molecule has 1 aliphatic carbocycles. The monoisotopic (exact) mass is 325 g/mol. The number of carbonyl (C=O) groups excluding carboxylic acids is 1. The average molecular weight is 326 g/mol. The fraction of sp³-hybridized carbons (Fsp3) is 0.533. The molecule has 2 rings (SSSR count). The molecule has 0 atom stereocenters. The highest BCUT2D eigenvalue weighted by Gasteiger charge is 2.33. The van der Waals surface area contributed by atoms with Crippen LogP contribution >= 0.6 is 15.9 Å². The Hall–Kier alpha value is -0.870. The summed E-state index contributed by atoms with van der Waals surface area (Å²) in [5, 5.41) is 12.5. The molecule has 0 bridgehead atoms. The Morgan fingerprint density at radius 1 is 1.42 bits per heavy atom. The zero-order valence-electron chi connectivity index (χ0n) is 11.2. The van der Waals surface area contributed by atoms with Crippen molar-refractivity contribution in [3.8, 4) is 0 Å². The number of amides is 1. The summed E-state index contributed by atoms with van der Waals surface area (Å²) in [6.45, 7) is 2.68. The maximum absolute atomic E-state index is 12.2. The van der Waals surface area contributed by atoms with Crippen LogP contribution in [0.2, 0.25) is 0 Å². The first kappa shape index (κ1) is 14.5. The molecule has 1 amide bonds. The molecule has 0 aromatic heterocycles. The number of rotatable bonds is 4. The first-order chi connectivity index (χ1) is 9.08. The lowest BCUT2D eigenvalue weighted by atomic mass is 9.87.